The van der Waals surface area contributed by atoms with Crippen LogP contribution in [0.4, 0.5) is 5.13 Å². The average Bonchev–Trinajstić information content (AvgIpc) is 3.47. The molecule has 0 saturated heterocycles. The first-order valence-electron chi connectivity index (χ1n) is 9.57. The quantitative estimate of drug-likeness (QED) is 0.504. The number of ether oxygens (including phenoxy) is 2. The smallest absolute Gasteiger partial charge is 0.230 e. The van der Waals surface area contributed by atoms with Crippen molar-refractivity contribution in [3.8, 4) is 11.5 Å². The molecule has 2 aromatic rings. The standard InChI is InChI=1S/C19H22N4O4S2/c1-2-17(25)23(12-7-8-12)18-21-22-19(29-18)28-11-16(24)20-9-13-10-26-14-5-3-4-6-15(14)27-13/h3-6,12-13H,2,7-11H2,1H3,(H,20,24)/t13-/m1/s1. The average molecular weight is 435 g/mol. The van der Waals surface area contributed by atoms with Crippen LogP contribution in [0.1, 0.15) is 26.2 Å². The van der Waals surface area contributed by atoms with Gasteiger partial charge in [-0.25, -0.2) is 0 Å². The van der Waals surface area contributed by atoms with Crippen LogP contribution < -0.4 is 19.7 Å². The molecular weight excluding hydrogens is 412 g/mol. The molecule has 1 aromatic heterocycles. The Labute approximate surface area is 177 Å². The highest BCUT2D eigenvalue weighted by molar-refractivity contribution is 8.01. The predicted octanol–water partition coefficient (Wildman–Crippen LogP) is 2.49. The fourth-order valence-corrected chi connectivity index (χ4v) is 4.66. The molecule has 0 spiro atoms. The molecule has 10 heteroatoms. The zero-order valence-corrected chi connectivity index (χ0v) is 17.6. The highest BCUT2D eigenvalue weighted by Gasteiger charge is 2.35. The first-order chi connectivity index (χ1) is 14.1. The lowest BCUT2D eigenvalue weighted by molar-refractivity contribution is -0.119. The molecule has 1 N–H and O–H groups in total. The van der Waals surface area contributed by atoms with Crippen molar-refractivity contribution in [2.24, 2.45) is 0 Å². The molecule has 1 saturated carbocycles. The van der Waals surface area contributed by atoms with Gasteiger partial charge in [0.05, 0.1) is 12.3 Å². The summed E-state index contributed by atoms with van der Waals surface area (Å²) >= 11 is 2.67. The van der Waals surface area contributed by atoms with E-state index in [4.69, 9.17) is 9.47 Å². The summed E-state index contributed by atoms with van der Waals surface area (Å²) in [5, 5.41) is 11.8. The number of nitrogens with one attached hydrogen (secondary N) is 1. The second-order valence-electron chi connectivity index (χ2n) is 6.79. The molecule has 0 unspecified atom stereocenters. The Kier molecular flexibility index (Phi) is 6.19. The number of thioether (sulfide) groups is 1. The summed E-state index contributed by atoms with van der Waals surface area (Å²) in [6.07, 6.45) is 2.23. The van der Waals surface area contributed by atoms with E-state index in [-0.39, 0.29) is 29.7 Å². The summed E-state index contributed by atoms with van der Waals surface area (Å²) in [6, 6.07) is 7.73. The zero-order chi connectivity index (χ0) is 20.2. The lowest BCUT2D eigenvalue weighted by Gasteiger charge is -2.26. The van der Waals surface area contributed by atoms with Gasteiger partial charge in [0.15, 0.2) is 15.8 Å². The molecule has 0 bridgehead atoms. The Morgan fingerprint density at radius 1 is 1.28 bits per heavy atom. The van der Waals surface area contributed by atoms with Crippen LogP contribution in [0.25, 0.3) is 0 Å². The molecular formula is C19H22N4O4S2. The Morgan fingerprint density at radius 2 is 2.07 bits per heavy atom. The lowest BCUT2D eigenvalue weighted by Crippen LogP contribution is -2.41. The number of nitrogens with zero attached hydrogens (tertiary/aromatic N) is 3. The number of carbonyl (C=O) groups is 2. The molecule has 4 rings (SSSR count). The number of anilines is 1. The van der Waals surface area contributed by atoms with Crippen molar-refractivity contribution in [2.45, 2.75) is 42.7 Å². The largest absolute Gasteiger partial charge is 0.486 e. The monoisotopic (exact) mass is 434 g/mol. The number of para-hydroxylation sites is 2. The first kappa shape index (κ1) is 20.0. The number of aromatic nitrogens is 2. The van der Waals surface area contributed by atoms with E-state index in [1.807, 2.05) is 31.2 Å². The third-order valence-electron chi connectivity index (χ3n) is 4.51. The van der Waals surface area contributed by atoms with E-state index >= 15 is 0 Å². The molecule has 1 fully saturated rings. The molecule has 1 aliphatic carbocycles. The van der Waals surface area contributed by atoms with Gasteiger partial charge in [-0.1, -0.05) is 42.2 Å². The summed E-state index contributed by atoms with van der Waals surface area (Å²) in [6.45, 7) is 2.61. The minimum Gasteiger partial charge on any atom is -0.486 e. The van der Waals surface area contributed by atoms with Crippen molar-refractivity contribution in [1.82, 2.24) is 15.5 Å². The minimum atomic E-state index is -0.223. The van der Waals surface area contributed by atoms with Crippen LogP contribution in [-0.2, 0) is 9.59 Å². The van der Waals surface area contributed by atoms with Crippen molar-refractivity contribution in [1.29, 1.82) is 0 Å². The van der Waals surface area contributed by atoms with E-state index in [0.717, 1.165) is 18.6 Å². The Bertz CT molecular complexity index is 887. The number of amides is 2. The summed E-state index contributed by atoms with van der Waals surface area (Å²) in [5.41, 5.74) is 0. The number of hydrogen-bond donors (Lipinski definition) is 1. The van der Waals surface area contributed by atoms with Crippen LogP contribution in [0, 0.1) is 0 Å². The van der Waals surface area contributed by atoms with Gasteiger partial charge < -0.3 is 14.8 Å². The predicted molar refractivity (Wildman–Crippen MR) is 111 cm³/mol. The van der Waals surface area contributed by atoms with Gasteiger partial charge in [0.2, 0.25) is 16.9 Å². The van der Waals surface area contributed by atoms with Crippen LogP contribution in [0.5, 0.6) is 11.5 Å². The molecule has 154 valence electrons. The molecule has 29 heavy (non-hydrogen) atoms. The Hall–Kier alpha value is -2.33. The molecule has 1 aliphatic heterocycles. The summed E-state index contributed by atoms with van der Waals surface area (Å²) in [4.78, 5) is 26.1. The van der Waals surface area contributed by atoms with E-state index in [1.54, 1.807) is 4.90 Å². The number of hydrogen-bond acceptors (Lipinski definition) is 8. The number of rotatable bonds is 8. The molecule has 2 amide bonds. The van der Waals surface area contributed by atoms with Gasteiger partial charge in [0.25, 0.3) is 0 Å². The Balaban J connectivity index is 1.23. The van der Waals surface area contributed by atoms with Gasteiger partial charge in [-0.15, -0.1) is 10.2 Å². The maximum atomic E-state index is 12.2. The summed E-state index contributed by atoms with van der Waals surface area (Å²) < 4.78 is 12.2. The number of carbonyl (C=O) groups excluding carboxylic acids is 2. The Morgan fingerprint density at radius 3 is 2.83 bits per heavy atom. The topological polar surface area (TPSA) is 93.7 Å². The second kappa shape index (κ2) is 9.00. The van der Waals surface area contributed by atoms with Crippen LogP contribution in [-0.4, -0.2) is 53.1 Å². The number of fused-ring (bicyclic) bond motifs is 1. The van der Waals surface area contributed by atoms with E-state index < -0.39 is 0 Å². The lowest BCUT2D eigenvalue weighted by atomic mass is 10.2. The summed E-state index contributed by atoms with van der Waals surface area (Å²) in [5.74, 6) is 1.59. The third kappa shape index (κ3) is 4.99. The molecule has 2 heterocycles. The van der Waals surface area contributed by atoms with Crippen molar-refractivity contribution in [3.05, 3.63) is 24.3 Å². The highest BCUT2D eigenvalue weighted by atomic mass is 32.2. The van der Waals surface area contributed by atoms with Gasteiger partial charge in [0, 0.05) is 12.5 Å². The van der Waals surface area contributed by atoms with Gasteiger partial charge in [-0.3, -0.25) is 14.5 Å². The van der Waals surface area contributed by atoms with Crippen molar-refractivity contribution in [2.75, 3.05) is 23.8 Å². The third-order valence-corrected chi connectivity index (χ3v) is 6.56. The SMILES string of the molecule is CCC(=O)N(c1nnc(SCC(=O)NC[C@@H]2COc3ccccc3O2)s1)C1CC1. The van der Waals surface area contributed by atoms with Gasteiger partial charge in [-0.05, 0) is 25.0 Å². The van der Waals surface area contributed by atoms with E-state index in [2.05, 4.69) is 15.5 Å². The van der Waals surface area contributed by atoms with Crippen LogP contribution >= 0.6 is 23.1 Å². The minimum absolute atomic E-state index is 0.0641. The van der Waals surface area contributed by atoms with E-state index in [9.17, 15) is 9.59 Å². The normalized spacial score (nSPS) is 17.6. The number of benzene rings is 1. The second-order valence-corrected chi connectivity index (χ2v) is 8.97. The molecule has 1 aromatic carbocycles. The maximum Gasteiger partial charge on any atom is 0.230 e. The molecule has 1 atom stereocenters. The molecule has 8 nitrogen and oxygen atoms in total. The molecule has 0 radical (unpaired) electrons. The summed E-state index contributed by atoms with van der Waals surface area (Å²) in [7, 11) is 0. The zero-order valence-electron chi connectivity index (χ0n) is 16.0. The molecule has 2 aliphatic rings. The first-order valence-corrected chi connectivity index (χ1v) is 11.4. The van der Waals surface area contributed by atoms with E-state index in [0.29, 0.717) is 34.8 Å². The fraction of sp³-hybridized carbons (Fsp3) is 0.474. The fourth-order valence-electron chi connectivity index (χ4n) is 2.90. The van der Waals surface area contributed by atoms with Gasteiger partial charge >= 0.3 is 0 Å². The van der Waals surface area contributed by atoms with Gasteiger partial charge in [-0.2, -0.15) is 0 Å². The maximum absolute atomic E-state index is 12.2. The highest BCUT2D eigenvalue weighted by Crippen LogP contribution is 2.36. The van der Waals surface area contributed by atoms with Gasteiger partial charge in [0.1, 0.15) is 12.7 Å². The van der Waals surface area contributed by atoms with Crippen LogP contribution in [0.15, 0.2) is 28.6 Å². The van der Waals surface area contributed by atoms with Crippen LogP contribution in [0.3, 0.4) is 0 Å². The van der Waals surface area contributed by atoms with Crippen LogP contribution in [0.2, 0.25) is 0 Å². The van der Waals surface area contributed by atoms with Crippen molar-refractivity contribution >= 4 is 40.0 Å². The van der Waals surface area contributed by atoms with Crippen molar-refractivity contribution in [3.63, 3.8) is 0 Å². The van der Waals surface area contributed by atoms with E-state index in [1.165, 1.54) is 23.1 Å². The van der Waals surface area contributed by atoms with Crippen molar-refractivity contribution < 1.29 is 19.1 Å².